The summed E-state index contributed by atoms with van der Waals surface area (Å²) in [5, 5.41) is 15.2. The lowest BCUT2D eigenvalue weighted by atomic mass is 9.83. The number of phenols is 1. The van der Waals surface area contributed by atoms with Crippen molar-refractivity contribution in [2.75, 3.05) is 6.54 Å². The minimum absolute atomic E-state index is 0.106. The van der Waals surface area contributed by atoms with Crippen LogP contribution in [0.15, 0.2) is 102 Å². The van der Waals surface area contributed by atoms with Crippen LogP contribution in [-0.2, 0) is 6.42 Å². The van der Waals surface area contributed by atoms with Gasteiger partial charge in [-0.25, -0.2) is 4.98 Å². The summed E-state index contributed by atoms with van der Waals surface area (Å²) in [5.41, 5.74) is 3.58. The predicted molar refractivity (Wildman–Crippen MR) is 186 cm³/mol. The predicted octanol–water partition coefficient (Wildman–Crippen LogP) is 9.45. The third-order valence-corrected chi connectivity index (χ3v) is 8.59. The Morgan fingerprint density at radius 2 is 1.64 bits per heavy atom. The molecular weight excluding hydrogens is 657 g/mol. The summed E-state index contributed by atoms with van der Waals surface area (Å²) in [5.74, 6) is -0.734. The van der Waals surface area contributed by atoms with Crippen LogP contribution in [0.1, 0.15) is 45.9 Å². The zero-order valence-corrected chi connectivity index (χ0v) is 27.6. The number of furan rings is 1. The Kier molecular flexibility index (Phi) is 9.06. The van der Waals surface area contributed by atoms with E-state index in [1.54, 1.807) is 66.9 Å². The molecule has 7 nitrogen and oxygen atoms in total. The van der Waals surface area contributed by atoms with E-state index < -0.39 is 11.3 Å². The van der Waals surface area contributed by atoms with Crippen LogP contribution in [0, 0.1) is 5.41 Å². The highest BCUT2D eigenvalue weighted by Gasteiger charge is 2.30. The van der Waals surface area contributed by atoms with Gasteiger partial charge in [0.1, 0.15) is 5.75 Å². The molecule has 10 heteroatoms. The number of nitrogens with one attached hydrogen (secondary N) is 1. The van der Waals surface area contributed by atoms with E-state index in [2.05, 4.69) is 10.3 Å². The lowest BCUT2D eigenvalue weighted by Crippen LogP contribution is -2.35. The standard InChI is InChI=1S/C37H28Cl3N3O4/c1-37(2,20-42-35(46)26-7-3-4-8-31(26)44)18-29-28-17-27(21-9-11-23(38)12-10-21)32(25-14-13-24(39)16-30(25)40)43-36(28)47-34(29)33(45)22-6-5-15-41-19-22/h3-17,19,44H,18,20H2,1-2H3,(H,42,46). The molecule has 236 valence electrons. The number of pyridine rings is 2. The van der Waals surface area contributed by atoms with Crippen LogP contribution in [0.25, 0.3) is 33.5 Å². The van der Waals surface area contributed by atoms with Crippen LogP contribution in [-0.4, -0.2) is 33.3 Å². The van der Waals surface area contributed by atoms with Crippen molar-refractivity contribution in [1.29, 1.82) is 0 Å². The summed E-state index contributed by atoms with van der Waals surface area (Å²) in [4.78, 5) is 36.0. The molecular formula is C37H28Cl3N3O4. The summed E-state index contributed by atoms with van der Waals surface area (Å²) >= 11 is 19.1. The molecule has 47 heavy (non-hydrogen) atoms. The van der Waals surface area contributed by atoms with Gasteiger partial charge < -0.3 is 14.8 Å². The molecule has 0 saturated heterocycles. The maximum Gasteiger partial charge on any atom is 0.255 e. The molecule has 1 amide bonds. The molecule has 3 aromatic heterocycles. The second kappa shape index (κ2) is 13.2. The first-order valence-electron chi connectivity index (χ1n) is 14.7. The molecule has 0 bridgehead atoms. The van der Waals surface area contributed by atoms with E-state index in [0.29, 0.717) is 49.3 Å². The third-order valence-electron chi connectivity index (χ3n) is 7.79. The number of hydrogen-bond acceptors (Lipinski definition) is 6. The number of benzene rings is 3. The molecule has 6 aromatic rings. The summed E-state index contributed by atoms with van der Waals surface area (Å²) in [6, 6.07) is 24.2. The number of carbonyl (C=O) groups is 2. The van der Waals surface area contributed by atoms with Crippen LogP contribution in [0.3, 0.4) is 0 Å². The van der Waals surface area contributed by atoms with Gasteiger partial charge in [-0.05, 0) is 78.1 Å². The number of para-hydroxylation sites is 1. The van der Waals surface area contributed by atoms with Gasteiger partial charge in [0.2, 0.25) is 11.5 Å². The fraction of sp³-hybridized carbons (Fsp3) is 0.135. The number of phenolic OH excluding ortho intramolecular Hbond substituents is 1. The number of halogens is 3. The topological polar surface area (TPSA) is 105 Å². The van der Waals surface area contributed by atoms with Crippen molar-refractivity contribution in [2.24, 2.45) is 5.41 Å². The molecule has 0 aliphatic carbocycles. The Bertz CT molecular complexity index is 2130. The molecule has 0 aliphatic heterocycles. The smallest absolute Gasteiger partial charge is 0.255 e. The summed E-state index contributed by atoms with van der Waals surface area (Å²) in [7, 11) is 0. The average molecular weight is 685 g/mol. The lowest BCUT2D eigenvalue weighted by molar-refractivity contribution is 0.0931. The van der Waals surface area contributed by atoms with E-state index >= 15 is 0 Å². The Balaban J connectivity index is 1.49. The fourth-order valence-corrected chi connectivity index (χ4v) is 6.04. The molecule has 0 atom stereocenters. The SMILES string of the molecule is CC(C)(CNC(=O)c1ccccc1O)Cc1c(C(=O)c2cccnc2)oc2nc(-c3ccc(Cl)cc3Cl)c(-c3ccc(Cl)cc3)cc12. The van der Waals surface area contributed by atoms with Gasteiger partial charge in [-0.2, -0.15) is 0 Å². The van der Waals surface area contributed by atoms with Gasteiger partial charge in [0.25, 0.3) is 5.91 Å². The molecule has 6 rings (SSSR count). The number of nitrogens with zero attached hydrogens (tertiary/aromatic N) is 2. The van der Waals surface area contributed by atoms with Gasteiger partial charge in [0.05, 0.1) is 16.3 Å². The Morgan fingerprint density at radius 3 is 2.34 bits per heavy atom. The second-order valence-corrected chi connectivity index (χ2v) is 13.2. The largest absolute Gasteiger partial charge is 0.507 e. The van der Waals surface area contributed by atoms with Gasteiger partial charge >= 0.3 is 0 Å². The van der Waals surface area contributed by atoms with Gasteiger partial charge in [-0.15, -0.1) is 0 Å². The average Bonchev–Trinajstić information content (AvgIpc) is 3.40. The van der Waals surface area contributed by atoms with Crippen LogP contribution < -0.4 is 5.32 Å². The van der Waals surface area contributed by atoms with Crippen molar-refractivity contribution in [3.63, 3.8) is 0 Å². The highest BCUT2D eigenvalue weighted by molar-refractivity contribution is 6.36. The monoisotopic (exact) mass is 683 g/mol. The van der Waals surface area contributed by atoms with Crippen molar-refractivity contribution in [2.45, 2.75) is 20.3 Å². The minimum Gasteiger partial charge on any atom is -0.507 e. The molecule has 0 spiro atoms. The summed E-state index contributed by atoms with van der Waals surface area (Å²) in [6.45, 7) is 4.19. The van der Waals surface area contributed by atoms with Gasteiger partial charge in [0.15, 0.2) is 5.76 Å². The van der Waals surface area contributed by atoms with Crippen LogP contribution in [0.5, 0.6) is 5.75 Å². The number of ketones is 1. The Morgan fingerprint density at radius 1 is 0.894 bits per heavy atom. The quantitative estimate of drug-likeness (QED) is 0.147. The van der Waals surface area contributed by atoms with Gasteiger partial charge in [-0.3, -0.25) is 14.6 Å². The van der Waals surface area contributed by atoms with E-state index in [1.165, 1.54) is 12.3 Å². The van der Waals surface area contributed by atoms with Crippen molar-refractivity contribution >= 4 is 57.6 Å². The van der Waals surface area contributed by atoms with Crippen LogP contribution >= 0.6 is 34.8 Å². The minimum atomic E-state index is -0.570. The molecule has 3 aromatic carbocycles. The summed E-state index contributed by atoms with van der Waals surface area (Å²) in [6.07, 6.45) is 3.42. The van der Waals surface area contributed by atoms with E-state index in [-0.39, 0.29) is 35.1 Å². The van der Waals surface area contributed by atoms with Crippen molar-refractivity contribution < 1.29 is 19.1 Å². The Labute approximate surface area is 286 Å². The highest BCUT2D eigenvalue weighted by Crippen LogP contribution is 2.41. The van der Waals surface area contributed by atoms with Gasteiger partial charge in [-0.1, -0.05) is 72.9 Å². The van der Waals surface area contributed by atoms with Gasteiger partial charge in [0, 0.05) is 56.6 Å². The first kappa shape index (κ1) is 32.3. The normalized spacial score (nSPS) is 11.5. The van der Waals surface area contributed by atoms with Crippen molar-refractivity contribution in [3.8, 4) is 28.1 Å². The highest BCUT2D eigenvalue weighted by atomic mass is 35.5. The Hall–Kier alpha value is -4.69. The number of hydrogen-bond donors (Lipinski definition) is 2. The number of aromatic nitrogens is 2. The molecule has 3 heterocycles. The van der Waals surface area contributed by atoms with E-state index in [0.717, 1.165) is 11.1 Å². The zero-order valence-electron chi connectivity index (χ0n) is 25.4. The first-order chi connectivity index (χ1) is 22.5. The van der Waals surface area contributed by atoms with E-state index in [1.807, 2.05) is 32.0 Å². The molecule has 2 N–H and O–H groups in total. The van der Waals surface area contributed by atoms with Crippen LogP contribution in [0.2, 0.25) is 15.1 Å². The van der Waals surface area contributed by atoms with Crippen LogP contribution in [0.4, 0.5) is 0 Å². The number of amides is 1. The summed E-state index contributed by atoms with van der Waals surface area (Å²) < 4.78 is 6.31. The molecule has 0 unspecified atom stereocenters. The number of fused-ring (bicyclic) bond motifs is 1. The maximum absolute atomic E-state index is 13.9. The fourth-order valence-electron chi connectivity index (χ4n) is 5.42. The van der Waals surface area contributed by atoms with Crippen molar-refractivity contribution in [1.82, 2.24) is 15.3 Å². The number of rotatable bonds is 9. The maximum atomic E-state index is 13.9. The molecule has 0 fully saturated rings. The van der Waals surface area contributed by atoms with E-state index in [9.17, 15) is 14.7 Å². The van der Waals surface area contributed by atoms with E-state index in [4.69, 9.17) is 44.2 Å². The zero-order chi connectivity index (χ0) is 33.3. The lowest BCUT2D eigenvalue weighted by Gasteiger charge is -2.25. The van der Waals surface area contributed by atoms with Crippen molar-refractivity contribution in [3.05, 3.63) is 135 Å². The number of aromatic hydroxyl groups is 1. The molecule has 0 saturated carbocycles. The number of carbonyl (C=O) groups excluding carboxylic acids is 2. The second-order valence-electron chi connectivity index (χ2n) is 11.9. The first-order valence-corrected chi connectivity index (χ1v) is 15.8. The molecule has 0 aliphatic rings. The molecule has 0 radical (unpaired) electrons. The third kappa shape index (κ3) is 6.88.